The van der Waals surface area contributed by atoms with Crippen molar-refractivity contribution >= 4 is 17.9 Å². The van der Waals surface area contributed by atoms with Crippen LogP contribution in [0.2, 0.25) is 0 Å². The molecule has 0 aromatic rings. The quantitative estimate of drug-likeness (QED) is 0.0261. The monoisotopic (exact) mass is 1000 g/mol. The van der Waals surface area contributed by atoms with Gasteiger partial charge in [0.1, 0.15) is 13.2 Å². The van der Waals surface area contributed by atoms with Crippen LogP contribution in [0.4, 0.5) is 0 Å². The molecule has 420 valence electrons. The first-order chi connectivity index (χ1) is 35.0. The van der Waals surface area contributed by atoms with Crippen LogP contribution in [0, 0.1) is 0 Å². The Balaban J connectivity index is 4.30. The van der Waals surface area contributed by atoms with E-state index >= 15 is 0 Å². The van der Waals surface area contributed by atoms with Gasteiger partial charge in [-0.25, -0.2) is 0 Å². The van der Waals surface area contributed by atoms with Crippen LogP contribution in [-0.2, 0) is 28.6 Å². The van der Waals surface area contributed by atoms with Crippen molar-refractivity contribution in [1.29, 1.82) is 0 Å². The third-order valence-corrected chi connectivity index (χ3v) is 14.8. The van der Waals surface area contributed by atoms with Crippen molar-refractivity contribution in [2.75, 3.05) is 13.2 Å². The second-order valence-electron chi connectivity index (χ2n) is 22.0. The first-order valence-corrected chi connectivity index (χ1v) is 32.2. The van der Waals surface area contributed by atoms with E-state index in [1.807, 2.05) is 0 Å². The summed E-state index contributed by atoms with van der Waals surface area (Å²) in [5, 5.41) is 0. The topological polar surface area (TPSA) is 78.9 Å². The van der Waals surface area contributed by atoms with Gasteiger partial charge in [-0.2, -0.15) is 0 Å². The summed E-state index contributed by atoms with van der Waals surface area (Å²) in [5.41, 5.74) is 0. The van der Waals surface area contributed by atoms with E-state index in [-0.39, 0.29) is 31.1 Å². The summed E-state index contributed by atoms with van der Waals surface area (Å²) in [6, 6.07) is 0. The average molecular weight is 1000 g/mol. The number of esters is 3. The number of hydrogen-bond donors (Lipinski definition) is 0. The highest BCUT2D eigenvalue weighted by Crippen LogP contribution is 2.18. The lowest BCUT2D eigenvalue weighted by Crippen LogP contribution is -2.30. The van der Waals surface area contributed by atoms with Crippen LogP contribution in [0.5, 0.6) is 0 Å². The van der Waals surface area contributed by atoms with Crippen molar-refractivity contribution in [3.05, 3.63) is 12.2 Å². The minimum atomic E-state index is -0.766. The number of unbranched alkanes of at least 4 members (excludes halogenated alkanes) is 47. The molecule has 0 bridgehead atoms. The van der Waals surface area contributed by atoms with Crippen LogP contribution in [-0.4, -0.2) is 37.2 Å². The summed E-state index contributed by atoms with van der Waals surface area (Å²) in [7, 11) is 0. The molecule has 0 atom stereocenters. The van der Waals surface area contributed by atoms with Gasteiger partial charge in [0, 0.05) is 19.3 Å². The Morgan fingerprint density at radius 2 is 0.465 bits per heavy atom. The maximum absolute atomic E-state index is 12.9. The molecule has 0 N–H and O–H groups in total. The third-order valence-electron chi connectivity index (χ3n) is 14.8. The van der Waals surface area contributed by atoms with E-state index < -0.39 is 6.10 Å². The predicted octanol–water partition coefficient (Wildman–Crippen LogP) is 21.7. The van der Waals surface area contributed by atoms with Crippen LogP contribution >= 0.6 is 0 Å². The van der Waals surface area contributed by atoms with E-state index in [9.17, 15) is 14.4 Å². The molecule has 0 unspecified atom stereocenters. The molecule has 0 aliphatic rings. The summed E-state index contributed by atoms with van der Waals surface area (Å²) in [6.07, 6.45) is 70.7. The van der Waals surface area contributed by atoms with Crippen molar-refractivity contribution in [1.82, 2.24) is 0 Å². The van der Waals surface area contributed by atoms with E-state index in [0.717, 1.165) is 57.8 Å². The van der Waals surface area contributed by atoms with Gasteiger partial charge in [0.25, 0.3) is 0 Å². The Bertz CT molecular complexity index is 1050. The van der Waals surface area contributed by atoms with E-state index in [4.69, 9.17) is 14.2 Å². The van der Waals surface area contributed by atoms with Crippen molar-refractivity contribution < 1.29 is 28.6 Å². The standard InChI is InChI=1S/C65H124O6/c1-4-7-10-13-16-19-22-25-28-31-32-35-38-41-44-47-50-53-56-59-65(68)71-62(60-69-63(66)57-54-51-48-45-42-39-36-33-29-26-23-20-17-14-11-8-5-2)61-70-64(67)58-55-52-49-46-43-40-37-34-30-27-24-21-18-15-12-9-6-3/h25,28,62H,4-24,26-27,29-61H2,1-3H3/b28-25-. The Hall–Kier alpha value is -1.85. The first kappa shape index (κ1) is 69.2. The normalized spacial score (nSPS) is 11.6. The summed E-state index contributed by atoms with van der Waals surface area (Å²) in [5.74, 6) is -0.834. The molecule has 6 heteroatoms. The highest BCUT2D eigenvalue weighted by atomic mass is 16.6. The Morgan fingerprint density at radius 1 is 0.268 bits per heavy atom. The van der Waals surface area contributed by atoms with E-state index in [2.05, 4.69) is 32.9 Å². The lowest BCUT2D eigenvalue weighted by Gasteiger charge is -2.18. The molecule has 0 rings (SSSR count). The number of ether oxygens (including phenoxy) is 3. The molecular formula is C65H124O6. The fourth-order valence-electron chi connectivity index (χ4n) is 9.91. The number of carbonyl (C=O) groups is 3. The van der Waals surface area contributed by atoms with Gasteiger partial charge in [-0.3, -0.25) is 14.4 Å². The number of carbonyl (C=O) groups excluding carboxylic acids is 3. The van der Waals surface area contributed by atoms with Gasteiger partial charge in [0.2, 0.25) is 0 Å². The maximum Gasteiger partial charge on any atom is 0.306 e. The summed E-state index contributed by atoms with van der Waals surface area (Å²) in [6.45, 7) is 6.72. The summed E-state index contributed by atoms with van der Waals surface area (Å²) < 4.78 is 17.0. The van der Waals surface area contributed by atoms with Crippen molar-refractivity contribution in [2.45, 2.75) is 374 Å². The molecule has 0 saturated carbocycles. The first-order valence-electron chi connectivity index (χ1n) is 32.2. The lowest BCUT2D eigenvalue weighted by atomic mass is 10.0. The smallest absolute Gasteiger partial charge is 0.306 e. The fraction of sp³-hybridized carbons (Fsp3) is 0.923. The largest absolute Gasteiger partial charge is 0.462 e. The van der Waals surface area contributed by atoms with Gasteiger partial charge in [0.15, 0.2) is 6.10 Å². The van der Waals surface area contributed by atoms with Crippen LogP contribution in [0.25, 0.3) is 0 Å². The van der Waals surface area contributed by atoms with E-state index in [1.54, 1.807) is 0 Å². The third kappa shape index (κ3) is 58.9. The molecule has 0 aliphatic carbocycles. The predicted molar refractivity (Wildman–Crippen MR) is 307 cm³/mol. The van der Waals surface area contributed by atoms with Crippen molar-refractivity contribution in [2.24, 2.45) is 0 Å². The lowest BCUT2D eigenvalue weighted by molar-refractivity contribution is -0.167. The SMILES string of the molecule is CCCCCCCC/C=C\CCCCCCCCCCCC(=O)OC(COC(=O)CCCCCCCCCCCCCCCCCCC)COC(=O)CCCCCCCCCCCCCCCCCCC. The van der Waals surface area contributed by atoms with Crippen LogP contribution in [0.1, 0.15) is 367 Å². The molecule has 0 aromatic carbocycles. The molecular weight excluding hydrogens is 877 g/mol. The fourth-order valence-corrected chi connectivity index (χ4v) is 9.91. The molecule has 0 saturated heterocycles. The highest BCUT2D eigenvalue weighted by molar-refractivity contribution is 5.71. The molecule has 0 aliphatic heterocycles. The van der Waals surface area contributed by atoms with Gasteiger partial charge in [0.05, 0.1) is 0 Å². The van der Waals surface area contributed by atoms with Crippen LogP contribution in [0.3, 0.4) is 0 Å². The number of rotatable bonds is 60. The zero-order chi connectivity index (χ0) is 51.4. The average Bonchev–Trinajstić information content (AvgIpc) is 3.37. The minimum absolute atomic E-state index is 0.0641. The molecule has 0 amide bonds. The molecule has 0 heterocycles. The summed E-state index contributed by atoms with van der Waals surface area (Å²) in [4.78, 5) is 38.3. The number of hydrogen-bond acceptors (Lipinski definition) is 6. The van der Waals surface area contributed by atoms with Crippen molar-refractivity contribution in [3.63, 3.8) is 0 Å². The van der Waals surface area contributed by atoms with Gasteiger partial charge in [-0.15, -0.1) is 0 Å². The Kier molecular flexibility index (Phi) is 59.1. The maximum atomic E-state index is 12.9. The molecule has 71 heavy (non-hydrogen) atoms. The molecule has 0 radical (unpaired) electrons. The van der Waals surface area contributed by atoms with E-state index in [1.165, 1.54) is 270 Å². The Morgan fingerprint density at radius 3 is 0.704 bits per heavy atom. The molecule has 6 nitrogen and oxygen atoms in total. The second-order valence-corrected chi connectivity index (χ2v) is 22.0. The van der Waals surface area contributed by atoms with Gasteiger partial charge < -0.3 is 14.2 Å². The van der Waals surface area contributed by atoms with Crippen LogP contribution in [0.15, 0.2) is 12.2 Å². The van der Waals surface area contributed by atoms with Gasteiger partial charge >= 0.3 is 17.9 Å². The zero-order valence-electron chi connectivity index (χ0n) is 48.3. The highest BCUT2D eigenvalue weighted by Gasteiger charge is 2.19. The molecule has 0 spiro atoms. The zero-order valence-corrected chi connectivity index (χ0v) is 48.3. The molecule has 0 aromatic heterocycles. The Labute approximate surface area is 443 Å². The molecule has 0 fully saturated rings. The number of allylic oxidation sites excluding steroid dienone is 2. The van der Waals surface area contributed by atoms with E-state index in [0.29, 0.717) is 19.3 Å². The minimum Gasteiger partial charge on any atom is -0.462 e. The van der Waals surface area contributed by atoms with Gasteiger partial charge in [-0.05, 0) is 44.9 Å². The van der Waals surface area contributed by atoms with Crippen LogP contribution < -0.4 is 0 Å². The van der Waals surface area contributed by atoms with Crippen molar-refractivity contribution in [3.8, 4) is 0 Å². The second kappa shape index (κ2) is 60.7. The summed E-state index contributed by atoms with van der Waals surface area (Å²) >= 11 is 0. The van der Waals surface area contributed by atoms with Gasteiger partial charge in [-0.1, -0.05) is 315 Å².